The average molecular weight is 240 g/mol. The van der Waals surface area contributed by atoms with Crippen molar-refractivity contribution in [3.8, 4) is 0 Å². The maximum Gasteiger partial charge on any atom is 0.315 e. The van der Waals surface area contributed by atoms with Gasteiger partial charge >= 0.3 is 6.03 Å². The molecular weight excluding hydrogens is 220 g/mol. The van der Waals surface area contributed by atoms with Gasteiger partial charge in [-0.3, -0.25) is 4.68 Å². The second kappa shape index (κ2) is 5.67. The number of nitrogens with zero attached hydrogens (tertiary/aromatic N) is 2. The largest absolute Gasteiger partial charge is 0.383 e. The Balaban J connectivity index is 2.51. The van der Waals surface area contributed by atoms with Crippen molar-refractivity contribution in [1.82, 2.24) is 20.4 Å². The Kier molecular flexibility index (Phi) is 4.51. The summed E-state index contributed by atoms with van der Waals surface area (Å²) in [5, 5.41) is 9.69. The molecular formula is C11H20N4O2. The van der Waals surface area contributed by atoms with Gasteiger partial charge in [0.1, 0.15) is 0 Å². The normalized spacial score (nSPS) is 11.3. The minimum atomic E-state index is -0.453. The van der Waals surface area contributed by atoms with Crippen molar-refractivity contribution in [2.24, 2.45) is 7.05 Å². The number of methoxy groups -OCH3 is 1. The Labute approximate surface area is 101 Å². The van der Waals surface area contributed by atoms with Crippen LogP contribution in [-0.4, -0.2) is 36.1 Å². The number of rotatable bonds is 5. The van der Waals surface area contributed by atoms with Gasteiger partial charge in [-0.25, -0.2) is 4.79 Å². The van der Waals surface area contributed by atoms with Crippen molar-refractivity contribution < 1.29 is 9.53 Å². The van der Waals surface area contributed by atoms with Gasteiger partial charge in [-0.2, -0.15) is 5.10 Å². The minimum Gasteiger partial charge on any atom is -0.383 e. The first-order chi connectivity index (χ1) is 7.95. The Morgan fingerprint density at radius 3 is 2.82 bits per heavy atom. The van der Waals surface area contributed by atoms with Crippen LogP contribution < -0.4 is 10.6 Å². The fraction of sp³-hybridized carbons (Fsp3) is 0.636. The van der Waals surface area contributed by atoms with Crippen molar-refractivity contribution in [1.29, 1.82) is 0 Å². The van der Waals surface area contributed by atoms with E-state index in [-0.39, 0.29) is 6.03 Å². The number of ether oxygens (including phenoxy) is 1. The average Bonchev–Trinajstić information content (AvgIpc) is 2.65. The summed E-state index contributed by atoms with van der Waals surface area (Å²) >= 11 is 0. The summed E-state index contributed by atoms with van der Waals surface area (Å²) in [6, 6.07) is -0.212. The van der Waals surface area contributed by atoms with Crippen LogP contribution in [-0.2, 0) is 17.3 Å². The highest BCUT2D eigenvalue weighted by Crippen LogP contribution is 2.18. The molecule has 17 heavy (non-hydrogen) atoms. The second-order valence-electron chi connectivity index (χ2n) is 4.40. The zero-order valence-electron chi connectivity index (χ0n) is 10.8. The lowest BCUT2D eigenvalue weighted by Gasteiger charge is -2.25. The number of carbonyl (C=O) groups is 1. The Morgan fingerprint density at radius 1 is 1.59 bits per heavy atom. The molecule has 1 rings (SSSR count). The number of amides is 2. The van der Waals surface area contributed by atoms with E-state index >= 15 is 0 Å². The molecule has 1 aromatic heterocycles. The molecule has 0 fully saturated rings. The maximum absolute atomic E-state index is 11.6. The molecule has 0 saturated carbocycles. The monoisotopic (exact) mass is 240 g/mol. The fourth-order valence-electron chi connectivity index (χ4n) is 1.41. The van der Waals surface area contributed by atoms with E-state index in [1.165, 1.54) is 0 Å². The molecule has 96 valence electrons. The Morgan fingerprint density at radius 2 is 2.29 bits per heavy atom. The van der Waals surface area contributed by atoms with Crippen LogP contribution in [0.25, 0.3) is 0 Å². The first kappa shape index (κ1) is 13.5. The van der Waals surface area contributed by atoms with Gasteiger partial charge in [0.25, 0.3) is 0 Å². The van der Waals surface area contributed by atoms with E-state index < -0.39 is 5.54 Å². The highest BCUT2D eigenvalue weighted by atomic mass is 16.5. The number of aryl methyl sites for hydroxylation is 1. The summed E-state index contributed by atoms with van der Waals surface area (Å²) in [5.41, 5.74) is 0.507. The molecule has 0 unspecified atom stereocenters. The third kappa shape index (κ3) is 4.07. The molecule has 0 aromatic carbocycles. The minimum absolute atomic E-state index is 0.212. The molecule has 0 aliphatic rings. The van der Waals surface area contributed by atoms with Gasteiger partial charge in [0, 0.05) is 32.5 Å². The first-order valence-corrected chi connectivity index (χ1v) is 5.50. The fourth-order valence-corrected chi connectivity index (χ4v) is 1.41. The quantitative estimate of drug-likeness (QED) is 0.741. The van der Waals surface area contributed by atoms with Crippen molar-refractivity contribution in [2.45, 2.75) is 19.4 Å². The highest BCUT2D eigenvalue weighted by Gasteiger charge is 2.23. The van der Waals surface area contributed by atoms with Crippen LogP contribution in [0.4, 0.5) is 4.79 Å². The lowest BCUT2D eigenvalue weighted by atomic mass is 9.98. The van der Waals surface area contributed by atoms with Crippen molar-refractivity contribution in [2.75, 3.05) is 20.3 Å². The van der Waals surface area contributed by atoms with E-state index in [4.69, 9.17) is 4.74 Å². The second-order valence-corrected chi connectivity index (χ2v) is 4.40. The molecule has 0 saturated heterocycles. The van der Waals surface area contributed by atoms with Gasteiger partial charge in [-0.05, 0) is 13.8 Å². The predicted octanol–water partition coefficient (Wildman–Crippen LogP) is 0.601. The van der Waals surface area contributed by atoms with Crippen molar-refractivity contribution in [3.05, 3.63) is 18.0 Å². The van der Waals surface area contributed by atoms with Crippen LogP contribution in [0.1, 0.15) is 19.4 Å². The van der Waals surface area contributed by atoms with Crippen LogP contribution >= 0.6 is 0 Å². The smallest absolute Gasteiger partial charge is 0.315 e. The zero-order chi connectivity index (χ0) is 12.9. The van der Waals surface area contributed by atoms with E-state index in [2.05, 4.69) is 15.7 Å². The Hall–Kier alpha value is -1.56. The van der Waals surface area contributed by atoms with Gasteiger partial charge < -0.3 is 15.4 Å². The molecule has 2 N–H and O–H groups in total. The van der Waals surface area contributed by atoms with Crippen LogP contribution in [0, 0.1) is 0 Å². The van der Waals surface area contributed by atoms with Gasteiger partial charge in [0.05, 0.1) is 18.3 Å². The molecule has 2 amide bonds. The molecule has 6 nitrogen and oxygen atoms in total. The molecule has 1 aromatic rings. The third-order valence-electron chi connectivity index (χ3n) is 2.44. The topological polar surface area (TPSA) is 68.2 Å². The van der Waals surface area contributed by atoms with Crippen LogP contribution in [0.3, 0.4) is 0 Å². The molecule has 0 spiro atoms. The van der Waals surface area contributed by atoms with Gasteiger partial charge in [0.15, 0.2) is 0 Å². The molecule has 6 heteroatoms. The molecule has 0 atom stereocenters. The van der Waals surface area contributed by atoms with E-state index in [0.717, 1.165) is 5.56 Å². The van der Waals surface area contributed by atoms with Crippen LogP contribution in [0.2, 0.25) is 0 Å². The number of hydrogen-bond acceptors (Lipinski definition) is 3. The van der Waals surface area contributed by atoms with Crippen LogP contribution in [0.5, 0.6) is 0 Å². The van der Waals surface area contributed by atoms with Gasteiger partial charge in [-0.1, -0.05) is 0 Å². The number of aromatic nitrogens is 2. The number of nitrogens with one attached hydrogen (secondary N) is 2. The molecule has 0 aliphatic heterocycles. The SMILES string of the molecule is COCCNC(=O)NC(C)(C)c1cnn(C)c1. The van der Waals surface area contributed by atoms with Crippen molar-refractivity contribution in [3.63, 3.8) is 0 Å². The third-order valence-corrected chi connectivity index (χ3v) is 2.44. The standard InChI is InChI=1S/C11H20N4O2/c1-11(2,9-7-13-15(3)8-9)14-10(16)12-5-6-17-4/h7-8H,5-6H2,1-4H3,(H2,12,14,16). The lowest BCUT2D eigenvalue weighted by molar-refractivity contribution is 0.193. The number of hydrogen-bond donors (Lipinski definition) is 2. The molecule has 0 aliphatic carbocycles. The summed E-state index contributed by atoms with van der Waals surface area (Å²) in [4.78, 5) is 11.6. The number of urea groups is 1. The van der Waals surface area contributed by atoms with E-state index in [9.17, 15) is 4.79 Å². The molecule has 0 radical (unpaired) electrons. The van der Waals surface area contributed by atoms with Gasteiger partial charge in [0.2, 0.25) is 0 Å². The van der Waals surface area contributed by atoms with Crippen molar-refractivity contribution >= 4 is 6.03 Å². The lowest BCUT2D eigenvalue weighted by Crippen LogP contribution is -2.47. The Bertz CT molecular complexity index is 373. The zero-order valence-corrected chi connectivity index (χ0v) is 10.8. The van der Waals surface area contributed by atoms with E-state index in [1.54, 1.807) is 18.0 Å². The van der Waals surface area contributed by atoms with E-state index in [0.29, 0.717) is 13.2 Å². The molecule has 0 bridgehead atoms. The predicted molar refractivity (Wildman–Crippen MR) is 64.6 cm³/mol. The summed E-state index contributed by atoms with van der Waals surface area (Å²) in [6.45, 7) is 4.85. The molecule has 1 heterocycles. The highest BCUT2D eigenvalue weighted by molar-refractivity contribution is 5.74. The van der Waals surface area contributed by atoms with Crippen LogP contribution in [0.15, 0.2) is 12.4 Å². The number of carbonyl (C=O) groups excluding carboxylic acids is 1. The summed E-state index contributed by atoms with van der Waals surface area (Å²) < 4.78 is 6.56. The first-order valence-electron chi connectivity index (χ1n) is 5.50. The maximum atomic E-state index is 11.6. The van der Waals surface area contributed by atoms with E-state index in [1.807, 2.05) is 27.1 Å². The summed E-state index contributed by atoms with van der Waals surface area (Å²) in [6.07, 6.45) is 3.63. The summed E-state index contributed by atoms with van der Waals surface area (Å²) in [7, 11) is 3.44. The van der Waals surface area contributed by atoms with Gasteiger partial charge in [-0.15, -0.1) is 0 Å². The summed E-state index contributed by atoms with van der Waals surface area (Å²) in [5.74, 6) is 0.